The summed E-state index contributed by atoms with van der Waals surface area (Å²) in [6.45, 7) is 4.95. The summed E-state index contributed by atoms with van der Waals surface area (Å²) in [5.41, 5.74) is 3.97. The molecule has 216 valence electrons. The van der Waals surface area contributed by atoms with Gasteiger partial charge in [0.1, 0.15) is 22.4 Å². The zero-order valence-electron chi connectivity index (χ0n) is 23.1. The van der Waals surface area contributed by atoms with E-state index in [0.717, 1.165) is 22.4 Å². The topological polar surface area (TPSA) is 166 Å². The second-order valence-electron chi connectivity index (χ2n) is 10.5. The van der Waals surface area contributed by atoms with Crippen molar-refractivity contribution in [1.82, 2.24) is 16.1 Å². The van der Waals surface area contributed by atoms with Crippen molar-refractivity contribution in [2.75, 3.05) is 12.9 Å². The Kier molecular flexibility index (Phi) is 8.36. The fraction of sp³-hybridized carbons (Fsp3) is 0.276. The molecule has 2 aliphatic heterocycles. The number of benzene rings is 2. The lowest BCUT2D eigenvalue weighted by molar-refractivity contribution is -0.118. The average molecular weight is 581 g/mol. The van der Waals surface area contributed by atoms with Gasteiger partial charge in [-0.1, -0.05) is 36.4 Å². The number of allylic oxidation sites excluding steroid dienone is 1. The molecule has 2 aliphatic rings. The number of carbonyl (C=O) groups is 3. The number of alkyl carbamates (subject to hydrolysis) is 1. The number of ether oxygens (including phenoxy) is 2. The van der Waals surface area contributed by atoms with Crippen molar-refractivity contribution >= 4 is 27.6 Å². The van der Waals surface area contributed by atoms with Gasteiger partial charge in [0.2, 0.25) is 0 Å². The van der Waals surface area contributed by atoms with Gasteiger partial charge in [-0.15, -0.1) is 0 Å². The quantitative estimate of drug-likeness (QED) is 0.228. The number of Topliss-reactive ketones (excluding diaryl/α,β-unsaturated/α-hetero) is 1. The summed E-state index contributed by atoms with van der Waals surface area (Å²) in [5, 5.41) is 4.67. The lowest BCUT2D eigenvalue weighted by Gasteiger charge is -2.28. The minimum Gasteiger partial charge on any atom is -0.497 e. The Balaban J connectivity index is 1.70. The zero-order valence-corrected chi connectivity index (χ0v) is 23.9. The molecule has 0 radical (unpaired) electrons. The van der Waals surface area contributed by atoms with Crippen LogP contribution in [0.5, 0.6) is 5.75 Å². The average Bonchev–Trinajstić information content (AvgIpc) is 3.11. The predicted octanol–water partition coefficient (Wildman–Crippen LogP) is 2.41. The molecule has 2 aromatic carbocycles. The van der Waals surface area contributed by atoms with Gasteiger partial charge in [-0.05, 0) is 67.7 Å². The molecular formula is C29H32N4O7S. The molecule has 11 nitrogen and oxygen atoms in total. The summed E-state index contributed by atoms with van der Waals surface area (Å²) in [6.07, 6.45) is 1.79. The van der Waals surface area contributed by atoms with E-state index in [1.165, 1.54) is 12.3 Å². The van der Waals surface area contributed by atoms with E-state index in [1.54, 1.807) is 27.9 Å². The van der Waals surface area contributed by atoms with Gasteiger partial charge < -0.3 is 20.1 Å². The molecule has 1 atom stereocenters. The lowest BCUT2D eigenvalue weighted by Crippen LogP contribution is -2.51. The van der Waals surface area contributed by atoms with Crippen LogP contribution >= 0.6 is 0 Å². The fourth-order valence-corrected chi connectivity index (χ4v) is 6.08. The second-order valence-corrected chi connectivity index (χ2v) is 12.5. The molecule has 12 heteroatoms. The van der Waals surface area contributed by atoms with Crippen molar-refractivity contribution in [3.63, 3.8) is 0 Å². The number of hydrazine groups is 1. The molecule has 0 spiro atoms. The van der Waals surface area contributed by atoms with E-state index in [0.29, 0.717) is 0 Å². The third-order valence-corrected chi connectivity index (χ3v) is 8.07. The molecule has 0 aliphatic carbocycles. The van der Waals surface area contributed by atoms with Crippen LogP contribution in [0.2, 0.25) is 0 Å². The van der Waals surface area contributed by atoms with Crippen LogP contribution in [0.15, 0.2) is 82.6 Å². The molecule has 5 N–H and O–H groups in total. The number of rotatable bonds is 6. The normalized spacial score (nSPS) is 18.2. The van der Waals surface area contributed by atoms with Crippen LogP contribution in [0.25, 0.3) is 11.1 Å². The number of carbonyl (C=O) groups excluding carboxylic acids is 3. The van der Waals surface area contributed by atoms with Crippen molar-refractivity contribution in [1.29, 1.82) is 0 Å². The molecule has 0 unspecified atom stereocenters. The Labute approximate surface area is 238 Å². The van der Waals surface area contributed by atoms with E-state index in [-0.39, 0.29) is 28.2 Å². The first-order valence-electron chi connectivity index (χ1n) is 12.7. The number of hydrogen-bond acceptors (Lipinski definition) is 9. The van der Waals surface area contributed by atoms with E-state index in [1.807, 2.05) is 54.0 Å². The number of nitrogens with two attached hydrogens (primary N) is 1. The van der Waals surface area contributed by atoms with Gasteiger partial charge in [-0.25, -0.2) is 19.1 Å². The number of amides is 2. The van der Waals surface area contributed by atoms with Crippen LogP contribution in [-0.2, 0) is 30.6 Å². The molecule has 0 fully saturated rings. The number of methoxy groups -OCH3 is 1. The summed E-state index contributed by atoms with van der Waals surface area (Å²) in [5.74, 6) is 4.08. The lowest BCUT2D eigenvalue weighted by atomic mass is 9.91. The van der Waals surface area contributed by atoms with Crippen LogP contribution in [0.4, 0.5) is 4.79 Å². The largest absolute Gasteiger partial charge is 0.497 e. The SMILES string of the molecule is COc1ccc(-c2ccc(CC3=CC(C(=O)NN)=CNC4=C3C(=O)[C@@H](NC(=O)OC(C)(C)C)CS4(=O)=O)cc2)cc1. The molecule has 2 heterocycles. The Hall–Kier alpha value is -4.42. The maximum Gasteiger partial charge on any atom is 0.408 e. The van der Waals surface area contributed by atoms with Gasteiger partial charge in [0, 0.05) is 6.20 Å². The molecule has 2 aromatic rings. The van der Waals surface area contributed by atoms with E-state index in [4.69, 9.17) is 15.3 Å². The Morgan fingerprint density at radius 3 is 2.22 bits per heavy atom. The third-order valence-electron chi connectivity index (χ3n) is 6.35. The van der Waals surface area contributed by atoms with Gasteiger partial charge in [0.15, 0.2) is 15.6 Å². The maximum absolute atomic E-state index is 13.7. The Morgan fingerprint density at radius 1 is 1.05 bits per heavy atom. The van der Waals surface area contributed by atoms with Gasteiger partial charge >= 0.3 is 6.09 Å². The molecule has 0 saturated heterocycles. The molecule has 0 aromatic heterocycles. The number of ketones is 1. The minimum absolute atomic E-state index is 0.0198. The molecule has 0 saturated carbocycles. The summed E-state index contributed by atoms with van der Waals surface area (Å²) in [7, 11) is -2.49. The first-order valence-corrected chi connectivity index (χ1v) is 14.4. The predicted molar refractivity (Wildman–Crippen MR) is 153 cm³/mol. The van der Waals surface area contributed by atoms with Crippen molar-refractivity contribution < 1.29 is 32.3 Å². The van der Waals surface area contributed by atoms with Gasteiger partial charge in [0.25, 0.3) is 5.91 Å². The first-order chi connectivity index (χ1) is 19.3. The molecule has 0 bridgehead atoms. The summed E-state index contributed by atoms with van der Waals surface area (Å²) >= 11 is 0. The monoisotopic (exact) mass is 580 g/mol. The number of sulfone groups is 1. The van der Waals surface area contributed by atoms with E-state index < -0.39 is 45.0 Å². The summed E-state index contributed by atoms with van der Waals surface area (Å²) < 4.78 is 37.1. The van der Waals surface area contributed by atoms with Crippen LogP contribution < -0.4 is 26.6 Å². The molecule has 41 heavy (non-hydrogen) atoms. The fourth-order valence-electron chi connectivity index (χ4n) is 4.46. The smallest absolute Gasteiger partial charge is 0.408 e. The van der Waals surface area contributed by atoms with Gasteiger partial charge in [0.05, 0.1) is 24.0 Å². The number of hydrogen-bond donors (Lipinski definition) is 4. The van der Waals surface area contributed by atoms with Gasteiger partial charge in [-0.2, -0.15) is 0 Å². The van der Waals surface area contributed by atoms with E-state index in [2.05, 4.69) is 10.6 Å². The Morgan fingerprint density at radius 2 is 1.66 bits per heavy atom. The van der Waals surface area contributed by atoms with Crippen LogP contribution in [-0.4, -0.2) is 50.7 Å². The first kappa shape index (κ1) is 29.6. The Bertz CT molecular complexity index is 1570. The van der Waals surface area contributed by atoms with Crippen LogP contribution in [0, 0.1) is 0 Å². The van der Waals surface area contributed by atoms with E-state index in [9.17, 15) is 22.8 Å². The highest BCUT2D eigenvalue weighted by Gasteiger charge is 2.42. The highest BCUT2D eigenvalue weighted by molar-refractivity contribution is 7.95. The third kappa shape index (κ3) is 6.84. The van der Waals surface area contributed by atoms with Gasteiger partial charge in [-0.3, -0.25) is 15.0 Å². The van der Waals surface area contributed by atoms with Crippen molar-refractivity contribution in [3.8, 4) is 16.9 Å². The standard InChI is InChI=1S/C29H32N4O7S/c1-29(2,3)40-28(36)32-23-16-41(37,38)27-24(25(23)34)20(14-21(15-31-27)26(35)33-30)13-17-5-7-18(8-6-17)19-9-11-22(39-4)12-10-19/h5-12,14-15,23,31H,13,16,30H2,1-4H3,(H,32,36)(H,33,35)/t23-/m0/s1. The molecular weight excluding hydrogens is 548 g/mol. The summed E-state index contributed by atoms with van der Waals surface area (Å²) in [6, 6.07) is 13.7. The van der Waals surface area contributed by atoms with E-state index >= 15 is 0 Å². The van der Waals surface area contributed by atoms with Crippen molar-refractivity contribution in [3.05, 3.63) is 88.1 Å². The highest BCUT2D eigenvalue weighted by Crippen LogP contribution is 2.32. The second kappa shape index (κ2) is 11.6. The zero-order chi connectivity index (χ0) is 29.9. The molecule has 2 amide bonds. The highest BCUT2D eigenvalue weighted by atomic mass is 32.2. The van der Waals surface area contributed by atoms with Crippen LogP contribution in [0.3, 0.4) is 0 Å². The van der Waals surface area contributed by atoms with Crippen molar-refractivity contribution in [2.45, 2.75) is 38.8 Å². The molecule has 4 rings (SSSR count). The minimum atomic E-state index is -4.09. The van der Waals surface area contributed by atoms with Crippen LogP contribution in [0.1, 0.15) is 26.3 Å². The summed E-state index contributed by atoms with van der Waals surface area (Å²) in [4.78, 5) is 38.6. The number of nitrogens with one attached hydrogen (secondary N) is 3. The maximum atomic E-state index is 13.7. The van der Waals surface area contributed by atoms with Crippen molar-refractivity contribution in [2.24, 2.45) is 5.84 Å².